The number of halogens is 1. The van der Waals surface area contributed by atoms with Crippen molar-refractivity contribution in [3.8, 4) is 5.75 Å². The van der Waals surface area contributed by atoms with E-state index in [-0.39, 0.29) is 5.97 Å². The van der Waals surface area contributed by atoms with Crippen molar-refractivity contribution in [1.82, 2.24) is 0 Å². The van der Waals surface area contributed by atoms with E-state index in [1.54, 1.807) is 0 Å². The molecule has 0 aliphatic rings. The molecular weight excluding hydrogens is 352 g/mol. The zero-order valence-corrected chi connectivity index (χ0v) is 14.9. The summed E-state index contributed by atoms with van der Waals surface area (Å²) in [4.78, 5) is 12.5. The van der Waals surface area contributed by atoms with Gasteiger partial charge in [0.15, 0.2) is 0 Å². The molecule has 0 aromatic heterocycles. The summed E-state index contributed by atoms with van der Waals surface area (Å²) in [6.07, 6.45) is 0. The lowest BCUT2D eigenvalue weighted by molar-refractivity contribution is 0.0734. The van der Waals surface area contributed by atoms with Gasteiger partial charge < -0.3 is 4.74 Å². The molecule has 0 saturated heterocycles. The normalized spacial score (nSPS) is 10.8. The molecule has 0 amide bonds. The van der Waals surface area contributed by atoms with E-state index in [2.05, 4.69) is 15.9 Å². The maximum Gasteiger partial charge on any atom is 0.343 e. The third-order valence-corrected chi connectivity index (χ3v) is 5.13. The Labute approximate surface area is 144 Å². The predicted molar refractivity (Wildman–Crippen MR) is 97.3 cm³/mol. The van der Waals surface area contributed by atoms with Gasteiger partial charge in [0.1, 0.15) is 5.75 Å². The summed E-state index contributed by atoms with van der Waals surface area (Å²) in [5.41, 5.74) is 3.79. The molecule has 0 unspecified atom stereocenters. The fourth-order valence-electron chi connectivity index (χ4n) is 2.61. The van der Waals surface area contributed by atoms with Crippen LogP contribution in [0.3, 0.4) is 0 Å². The maximum absolute atomic E-state index is 12.5. The molecular formula is C20H17BrO2. The molecule has 3 aromatic carbocycles. The summed E-state index contributed by atoms with van der Waals surface area (Å²) in [6.45, 7) is 6.00. The molecule has 3 heteroatoms. The van der Waals surface area contributed by atoms with E-state index >= 15 is 0 Å². The van der Waals surface area contributed by atoms with Crippen molar-refractivity contribution >= 4 is 32.7 Å². The molecule has 2 nitrogen and oxygen atoms in total. The van der Waals surface area contributed by atoms with E-state index in [0.29, 0.717) is 11.3 Å². The number of rotatable bonds is 2. The second-order valence-corrected chi connectivity index (χ2v) is 6.53. The number of benzene rings is 3. The molecule has 0 N–H and O–H groups in total. The number of carbonyl (C=O) groups is 1. The van der Waals surface area contributed by atoms with Gasteiger partial charge >= 0.3 is 5.97 Å². The van der Waals surface area contributed by atoms with Gasteiger partial charge in [-0.05, 0) is 66.4 Å². The fraction of sp³-hybridized carbons (Fsp3) is 0.150. The summed E-state index contributed by atoms with van der Waals surface area (Å²) in [5.74, 6) is 0.226. The Bertz CT molecular complexity index is 913. The minimum atomic E-state index is -0.332. The number of ether oxygens (including phenoxy) is 1. The molecule has 0 aliphatic carbocycles. The molecule has 0 heterocycles. The van der Waals surface area contributed by atoms with Gasteiger partial charge in [0.05, 0.1) is 5.56 Å². The molecule has 0 radical (unpaired) electrons. The third-order valence-electron chi connectivity index (χ3n) is 4.31. The van der Waals surface area contributed by atoms with Gasteiger partial charge in [0, 0.05) is 4.47 Å². The van der Waals surface area contributed by atoms with Gasteiger partial charge in [-0.1, -0.05) is 46.3 Å². The molecule has 0 spiro atoms. The molecule has 3 aromatic rings. The average Bonchev–Trinajstić information content (AvgIpc) is 2.56. The van der Waals surface area contributed by atoms with Crippen molar-refractivity contribution in [2.45, 2.75) is 20.8 Å². The van der Waals surface area contributed by atoms with Crippen LogP contribution in [0.2, 0.25) is 0 Å². The van der Waals surface area contributed by atoms with Gasteiger partial charge in [-0.3, -0.25) is 0 Å². The minimum Gasteiger partial charge on any atom is -0.423 e. The van der Waals surface area contributed by atoms with Crippen LogP contribution in [0.15, 0.2) is 53.0 Å². The van der Waals surface area contributed by atoms with Gasteiger partial charge in [0.2, 0.25) is 0 Å². The van der Waals surface area contributed by atoms with Crippen molar-refractivity contribution in [3.05, 3.63) is 75.3 Å². The van der Waals surface area contributed by atoms with Crippen LogP contribution in [-0.4, -0.2) is 5.97 Å². The lowest BCUT2D eigenvalue weighted by Crippen LogP contribution is -2.11. The lowest BCUT2D eigenvalue weighted by Gasteiger charge is -2.13. The summed E-state index contributed by atoms with van der Waals surface area (Å²) in [5, 5.41) is 2.17. The Kier molecular flexibility index (Phi) is 4.22. The van der Waals surface area contributed by atoms with Gasteiger partial charge in [0.25, 0.3) is 0 Å². The number of carbonyl (C=O) groups excluding carboxylic acids is 1. The zero-order chi connectivity index (χ0) is 16.6. The Hall–Kier alpha value is -2.13. The standard InChI is InChI=1S/C20H17BrO2/c1-12-13(2)18(11-19(21)14(12)3)20(22)23-17-9-8-15-6-4-5-7-16(15)10-17/h4-11H,1-3H3. The van der Waals surface area contributed by atoms with Gasteiger partial charge in [-0.2, -0.15) is 0 Å². The Morgan fingerprint density at radius 3 is 2.30 bits per heavy atom. The van der Waals surface area contributed by atoms with Crippen LogP contribution < -0.4 is 4.74 Å². The van der Waals surface area contributed by atoms with E-state index in [9.17, 15) is 4.79 Å². The highest BCUT2D eigenvalue weighted by molar-refractivity contribution is 9.10. The second-order valence-electron chi connectivity index (χ2n) is 5.68. The first-order valence-electron chi connectivity index (χ1n) is 7.44. The van der Waals surface area contributed by atoms with Crippen LogP contribution in [0, 0.1) is 20.8 Å². The molecule has 3 rings (SSSR count). The van der Waals surface area contributed by atoms with Crippen molar-refractivity contribution < 1.29 is 9.53 Å². The Morgan fingerprint density at radius 2 is 1.57 bits per heavy atom. The largest absolute Gasteiger partial charge is 0.423 e. The summed E-state index contributed by atoms with van der Waals surface area (Å²) in [6, 6.07) is 15.5. The van der Waals surface area contributed by atoms with Crippen molar-refractivity contribution in [2.24, 2.45) is 0 Å². The SMILES string of the molecule is Cc1c(Br)cc(C(=O)Oc2ccc3ccccc3c2)c(C)c1C. The molecule has 0 aliphatic heterocycles. The minimum absolute atomic E-state index is 0.332. The van der Waals surface area contributed by atoms with E-state index in [0.717, 1.165) is 31.9 Å². The number of hydrogen-bond acceptors (Lipinski definition) is 2. The lowest BCUT2D eigenvalue weighted by atomic mass is 9.99. The van der Waals surface area contributed by atoms with Crippen LogP contribution in [0.1, 0.15) is 27.0 Å². The third kappa shape index (κ3) is 3.02. The van der Waals surface area contributed by atoms with Crippen molar-refractivity contribution in [2.75, 3.05) is 0 Å². The summed E-state index contributed by atoms with van der Waals surface area (Å²) in [7, 11) is 0. The van der Waals surface area contributed by atoms with Crippen LogP contribution in [0.4, 0.5) is 0 Å². The van der Waals surface area contributed by atoms with E-state index in [1.165, 1.54) is 0 Å². The van der Waals surface area contributed by atoms with Gasteiger partial charge in [-0.15, -0.1) is 0 Å². The molecule has 0 fully saturated rings. The molecule has 0 saturated carbocycles. The number of esters is 1. The molecule has 0 bridgehead atoms. The summed E-state index contributed by atoms with van der Waals surface area (Å²) >= 11 is 3.51. The van der Waals surface area contributed by atoms with Gasteiger partial charge in [-0.25, -0.2) is 4.79 Å². The monoisotopic (exact) mass is 368 g/mol. The highest BCUT2D eigenvalue weighted by atomic mass is 79.9. The van der Waals surface area contributed by atoms with Crippen molar-refractivity contribution in [3.63, 3.8) is 0 Å². The smallest absolute Gasteiger partial charge is 0.343 e. The Balaban J connectivity index is 1.94. The Morgan fingerprint density at radius 1 is 0.870 bits per heavy atom. The second kappa shape index (κ2) is 6.17. The average molecular weight is 369 g/mol. The van der Waals surface area contributed by atoms with E-state index in [4.69, 9.17) is 4.74 Å². The zero-order valence-electron chi connectivity index (χ0n) is 13.3. The fourth-order valence-corrected chi connectivity index (χ4v) is 3.14. The van der Waals surface area contributed by atoms with E-state index in [1.807, 2.05) is 69.3 Å². The highest BCUT2D eigenvalue weighted by Gasteiger charge is 2.16. The highest BCUT2D eigenvalue weighted by Crippen LogP contribution is 2.27. The molecule has 23 heavy (non-hydrogen) atoms. The number of hydrogen-bond donors (Lipinski definition) is 0. The summed E-state index contributed by atoms with van der Waals surface area (Å²) < 4.78 is 6.50. The van der Waals surface area contributed by atoms with Crippen LogP contribution >= 0.6 is 15.9 Å². The first-order chi connectivity index (χ1) is 11.0. The quantitative estimate of drug-likeness (QED) is 0.425. The first kappa shape index (κ1) is 15.8. The topological polar surface area (TPSA) is 26.3 Å². The predicted octanol–water partition coefficient (Wildman–Crippen LogP) is 5.75. The maximum atomic E-state index is 12.5. The van der Waals surface area contributed by atoms with Crippen molar-refractivity contribution in [1.29, 1.82) is 0 Å². The molecule has 116 valence electrons. The van der Waals surface area contributed by atoms with Crippen LogP contribution in [0.25, 0.3) is 10.8 Å². The van der Waals surface area contributed by atoms with Crippen LogP contribution in [0.5, 0.6) is 5.75 Å². The number of fused-ring (bicyclic) bond motifs is 1. The first-order valence-corrected chi connectivity index (χ1v) is 8.24. The van der Waals surface area contributed by atoms with E-state index < -0.39 is 0 Å². The molecule has 0 atom stereocenters. The van der Waals surface area contributed by atoms with Crippen LogP contribution in [-0.2, 0) is 0 Å².